The summed E-state index contributed by atoms with van der Waals surface area (Å²) >= 11 is 2.20. The minimum absolute atomic E-state index is 0.173. The van der Waals surface area contributed by atoms with Crippen LogP contribution in [0.1, 0.15) is 74.5 Å². The van der Waals surface area contributed by atoms with E-state index in [1.54, 1.807) is 18.4 Å². The zero-order valence-corrected chi connectivity index (χ0v) is 20.2. The number of carbonyl (C=O) groups is 1. The van der Waals surface area contributed by atoms with Gasteiger partial charge in [0.1, 0.15) is 5.75 Å². The van der Waals surface area contributed by atoms with Gasteiger partial charge in [0.2, 0.25) is 0 Å². The predicted molar refractivity (Wildman–Crippen MR) is 127 cm³/mol. The van der Waals surface area contributed by atoms with Crippen molar-refractivity contribution < 1.29 is 14.3 Å². The Labute approximate surface area is 187 Å². The van der Waals surface area contributed by atoms with E-state index in [-0.39, 0.29) is 16.8 Å². The number of rotatable bonds is 4. The van der Waals surface area contributed by atoms with Crippen LogP contribution in [0.15, 0.2) is 42.7 Å². The van der Waals surface area contributed by atoms with Gasteiger partial charge in [0, 0.05) is 0 Å². The summed E-state index contributed by atoms with van der Waals surface area (Å²) in [4.78, 5) is 11.8. The highest BCUT2D eigenvalue weighted by Crippen LogP contribution is 2.46. The molecule has 0 radical (unpaired) electrons. The molecule has 154 valence electrons. The van der Waals surface area contributed by atoms with Crippen LogP contribution >= 0.6 is 22.6 Å². The minimum Gasteiger partial charge on any atom is -0.465 e. The molecular formula is C25H29IO3. The van der Waals surface area contributed by atoms with Gasteiger partial charge in [-0.05, 0) is 93.6 Å². The summed E-state index contributed by atoms with van der Waals surface area (Å²) in [6.45, 7) is 11.4. The van der Waals surface area contributed by atoms with Crippen molar-refractivity contribution in [2.24, 2.45) is 0 Å². The lowest BCUT2D eigenvalue weighted by Gasteiger charge is -2.42. The van der Waals surface area contributed by atoms with Crippen LogP contribution in [0.25, 0.3) is 5.57 Å². The fourth-order valence-corrected chi connectivity index (χ4v) is 4.36. The van der Waals surface area contributed by atoms with Gasteiger partial charge in [0.15, 0.2) is 0 Å². The summed E-state index contributed by atoms with van der Waals surface area (Å²) < 4.78 is 11.7. The van der Waals surface area contributed by atoms with Gasteiger partial charge in [0.25, 0.3) is 0 Å². The van der Waals surface area contributed by atoms with Gasteiger partial charge in [-0.3, -0.25) is 0 Å². The second-order valence-electron chi connectivity index (χ2n) is 9.08. The number of fused-ring (bicyclic) bond motifs is 1. The van der Waals surface area contributed by atoms with Crippen molar-refractivity contribution in [3.05, 3.63) is 68.5 Å². The van der Waals surface area contributed by atoms with E-state index in [0.29, 0.717) is 11.3 Å². The van der Waals surface area contributed by atoms with Gasteiger partial charge in [-0.1, -0.05) is 45.9 Å². The first kappa shape index (κ1) is 21.9. The first-order chi connectivity index (χ1) is 13.5. The van der Waals surface area contributed by atoms with Crippen LogP contribution in [-0.2, 0) is 15.6 Å². The summed E-state index contributed by atoms with van der Waals surface area (Å²) in [7, 11) is 1.38. The third kappa shape index (κ3) is 4.52. The van der Waals surface area contributed by atoms with E-state index in [0.717, 1.165) is 14.7 Å². The Balaban J connectivity index is 1.91. The fraction of sp³-hybridized carbons (Fsp3) is 0.400. The molecule has 2 aromatic carbocycles. The molecule has 0 unspecified atom stereocenters. The zero-order valence-electron chi connectivity index (χ0n) is 18.1. The van der Waals surface area contributed by atoms with Crippen molar-refractivity contribution in [3.8, 4) is 5.75 Å². The molecule has 0 saturated carbocycles. The first-order valence-electron chi connectivity index (χ1n) is 9.92. The molecule has 0 saturated heterocycles. The topological polar surface area (TPSA) is 35.5 Å². The van der Waals surface area contributed by atoms with Gasteiger partial charge in [-0.25, -0.2) is 4.79 Å². The van der Waals surface area contributed by atoms with E-state index in [9.17, 15) is 4.79 Å². The average Bonchev–Trinajstić information content (AvgIpc) is 2.69. The average molecular weight is 504 g/mol. The van der Waals surface area contributed by atoms with Crippen molar-refractivity contribution >= 4 is 34.1 Å². The lowest BCUT2D eigenvalue weighted by molar-refractivity contribution is 0.0600. The molecule has 3 rings (SSSR count). The van der Waals surface area contributed by atoms with Gasteiger partial charge >= 0.3 is 5.97 Å². The maximum Gasteiger partial charge on any atom is 0.337 e. The molecule has 0 amide bonds. The molecule has 2 aromatic rings. The van der Waals surface area contributed by atoms with Crippen LogP contribution in [0.3, 0.4) is 0 Å². The van der Waals surface area contributed by atoms with Crippen LogP contribution in [0.5, 0.6) is 5.75 Å². The first-order valence-corrected chi connectivity index (χ1v) is 11.0. The Hall–Kier alpha value is -1.82. The van der Waals surface area contributed by atoms with Crippen molar-refractivity contribution in [1.29, 1.82) is 0 Å². The number of ether oxygens (including phenoxy) is 2. The van der Waals surface area contributed by atoms with E-state index in [2.05, 4.69) is 75.4 Å². The molecule has 1 aliphatic rings. The highest BCUT2D eigenvalue weighted by molar-refractivity contribution is 14.1. The predicted octanol–water partition coefficient (Wildman–Crippen LogP) is 6.87. The van der Waals surface area contributed by atoms with E-state index in [1.807, 2.05) is 6.07 Å². The standard InChI is InChI=1S/C25H29IO3/c1-16(15-29-22-14-18(23(27)28-6)8-10-21(22)26)17-7-9-19-20(13-17)25(4,5)12-11-24(19,2)3/h7-10,13-15H,11-12H2,1-6H3/b16-15+. The summed E-state index contributed by atoms with van der Waals surface area (Å²) in [6.07, 6.45) is 4.16. The number of carbonyl (C=O) groups excluding carboxylic acids is 1. The van der Waals surface area contributed by atoms with Crippen molar-refractivity contribution in [1.82, 2.24) is 0 Å². The van der Waals surface area contributed by atoms with E-state index in [1.165, 1.54) is 31.1 Å². The zero-order chi connectivity index (χ0) is 21.4. The minimum atomic E-state index is -0.369. The van der Waals surface area contributed by atoms with Crippen LogP contribution in [0, 0.1) is 3.57 Å². The molecule has 4 heteroatoms. The quantitative estimate of drug-likeness (QED) is 0.259. The maximum absolute atomic E-state index is 11.8. The van der Waals surface area contributed by atoms with Crippen molar-refractivity contribution in [2.75, 3.05) is 7.11 Å². The number of methoxy groups -OCH3 is 1. The molecule has 0 heterocycles. The molecule has 0 spiro atoms. The Morgan fingerprint density at radius 3 is 2.24 bits per heavy atom. The lowest BCUT2D eigenvalue weighted by Crippen LogP contribution is -2.33. The molecule has 0 aliphatic heterocycles. The summed E-state index contributed by atoms with van der Waals surface area (Å²) in [6, 6.07) is 12.1. The summed E-state index contributed by atoms with van der Waals surface area (Å²) in [5, 5.41) is 0. The van der Waals surface area contributed by atoms with Gasteiger partial charge < -0.3 is 9.47 Å². The van der Waals surface area contributed by atoms with Crippen molar-refractivity contribution in [3.63, 3.8) is 0 Å². The monoisotopic (exact) mass is 504 g/mol. The highest BCUT2D eigenvalue weighted by Gasteiger charge is 2.36. The van der Waals surface area contributed by atoms with Gasteiger partial charge in [-0.15, -0.1) is 0 Å². The Kier molecular flexibility index (Phi) is 6.13. The number of hydrogen-bond donors (Lipinski definition) is 0. The Bertz CT molecular complexity index is 970. The number of esters is 1. The molecule has 0 atom stereocenters. The van der Waals surface area contributed by atoms with Crippen molar-refractivity contribution in [2.45, 2.75) is 58.3 Å². The molecule has 29 heavy (non-hydrogen) atoms. The molecule has 1 aliphatic carbocycles. The van der Waals surface area contributed by atoms with Crippen LogP contribution in [-0.4, -0.2) is 13.1 Å². The van der Waals surface area contributed by atoms with E-state index in [4.69, 9.17) is 9.47 Å². The van der Waals surface area contributed by atoms with E-state index >= 15 is 0 Å². The molecule has 0 fully saturated rings. The van der Waals surface area contributed by atoms with Gasteiger partial charge in [0.05, 0.1) is 22.5 Å². The third-order valence-corrected chi connectivity index (χ3v) is 6.91. The SMILES string of the molecule is COC(=O)c1ccc(I)c(O/C=C(\C)c2ccc3c(c2)C(C)(C)CCC3(C)C)c1. The number of halogens is 1. The lowest BCUT2D eigenvalue weighted by atomic mass is 9.63. The van der Waals surface area contributed by atoms with Crippen LogP contribution in [0.2, 0.25) is 0 Å². The normalized spacial score (nSPS) is 17.4. The molecule has 0 N–H and O–H groups in total. The van der Waals surface area contributed by atoms with Crippen LogP contribution < -0.4 is 4.74 Å². The second kappa shape index (κ2) is 8.13. The highest BCUT2D eigenvalue weighted by atomic mass is 127. The number of benzene rings is 2. The fourth-order valence-electron chi connectivity index (χ4n) is 3.89. The molecule has 0 bridgehead atoms. The second-order valence-corrected chi connectivity index (χ2v) is 10.2. The number of hydrogen-bond acceptors (Lipinski definition) is 3. The van der Waals surface area contributed by atoms with Crippen LogP contribution in [0.4, 0.5) is 0 Å². The molecule has 0 aromatic heterocycles. The third-order valence-electron chi connectivity index (χ3n) is 6.02. The van der Waals surface area contributed by atoms with Gasteiger partial charge in [-0.2, -0.15) is 0 Å². The Morgan fingerprint density at radius 1 is 0.966 bits per heavy atom. The largest absolute Gasteiger partial charge is 0.465 e. The summed E-state index contributed by atoms with van der Waals surface area (Å²) in [5.41, 5.74) is 5.95. The van der Waals surface area contributed by atoms with E-state index < -0.39 is 0 Å². The molecule has 3 nitrogen and oxygen atoms in total. The molecular weight excluding hydrogens is 475 g/mol. The maximum atomic E-state index is 11.8. The summed E-state index contributed by atoms with van der Waals surface area (Å²) in [5.74, 6) is 0.277. The number of allylic oxidation sites excluding steroid dienone is 1. The Morgan fingerprint density at radius 2 is 1.59 bits per heavy atom. The smallest absolute Gasteiger partial charge is 0.337 e.